The number of fused-ring (bicyclic) bond motifs is 9. The highest BCUT2D eigenvalue weighted by Crippen LogP contribution is 2.66. The summed E-state index contributed by atoms with van der Waals surface area (Å²) in [5, 5.41) is 3.08. The monoisotopic (exact) mass is 1300 g/mol. The lowest BCUT2D eigenvalue weighted by atomic mass is 9.56. The predicted octanol–water partition coefficient (Wildman–Crippen LogP) is 23.2. The summed E-state index contributed by atoms with van der Waals surface area (Å²) in [6, 6.07) is 30.8. The summed E-state index contributed by atoms with van der Waals surface area (Å²) in [5.41, 5.74) is 15.6. The average Bonchev–Trinajstić information content (AvgIpc) is 1.55. The first-order valence-electron chi connectivity index (χ1n) is 36.3. The standard InChI is InChI=1S/C90H86F4N2Si/c1-3-59-23-27-61(28-24-59)89(63-31-35-65(91)36-32-63)83-21-13-11-19-77(83)79-51-47-73(57-85(79)89)95(69-43-39-67(93)40-44-69)71-49-53-87-81(55-71)82-56-72(50-54-88(82)97(87,75-15-7-5-8-16-75)76-17-9-6-10-18-76)96(70-45-41-68(94)42-46-70)74-48-52-80-78-20-12-14-22-84(78)90(86(80)58-74,64-33-37-66(92)38-34-64)62-29-25-60(4-2)26-30-62/h3-5,7,9,11-14,17-25,27,29-30,33,35,37-41,43,47-58,60-61,63-64,69-70,75,78,81,84,87H,1-2,6,8,10,15-16,26,28,31-32,34,36,42,44-46H2. The van der Waals surface area contributed by atoms with Crippen LogP contribution in [0.2, 0.25) is 11.1 Å². The number of benzene rings is 4. The molecule has 1 heterocycles. The van der Waals surface area contributed by atoms with Gasteiger partial charge in [0.1, 0.15) is 19.7 Å². The molecule has 7 heteroatoms. The van der Waals surface area contributed by atoms with E-state index < -0.39 is 18.9 Å². The van der Waals surface area contributed by atoms with Crippen LogP contribution in [0.5, 0.6) is 0 Å². The Bertz CT molecular complexity index is 4500. The van der Waals surface area contributed by atoms with Crippen LogP contribution in [0.3, 0.4) is 0 Å². The van der Waals surface area contributed by atoms with E-state index in [0.29, 0.717) is 50.5 Å². The molecule has 0 fully saturated rings. The lowest BCUT2D eigenvalue weighted by molar-refractivity contribution is 0.226. The van der Waals surface area contributed by atoms with Gasteiger partial charge in [-0.15, -0.1) is 6.58 Å². The number of hydrogen-bond donors (Lipinski definition) is 0. The number of halogens is 4. The van der Waals surface area contributed by atoms with Gasteiger partial charge in [-0.2, -0.15) is 0 Å². The topological polar surface area (TPSA) is 6.48 Å². The zero-order valence-electron chi connectivity index (χ0n) is 55.4. The Morgan fingerprint density at radius 3 is 2.01 bits per heavy atom. The quantitative estimate of drug-likeness (QED) is 0.0705. The van der Waals surface area contributed by atoms with E-state index in [9.17, 15) is 0 Å². The largest absolute Gasteiger partial charge is 0.338 e. The van der Waals surface area contributed by atoms with Crippen LogP contribution in [-0.4, -0.2) is 20.2 Å². The first kappa shape index (κ1) is 62.0. The SMILES string of the molecule is C=CC1=CCC(C2(C3CC=C(F)CC3)c3ccccc3-c3ccc(N(C4=CC5c6cc(N(c7ccc8c(c7)C(C7=CCC(C=C)C=C7)(C7C=CC(F)=CC7)C7C=CC=CC87)C7CC=C(F)CC7)ccc6[Si](C6=CCCC=C6)(C6CC=CCC6)C5C=C4)C4C=CC(F)=CC4)cc32)C=C1. The Labute approximate surface area is 572 Å². The van der Waals surface area contributed by atoms with Crippen molar-refractivity contribution in [3.63, 3.8) is 0 Å². The van der Waals surface area contributed by atoms with Crippen molar-refractivity contribution >= 4 is 30.3 Å². The van der Waals surface area contributed by atoms with Gasteiger partial charge >= 0.3 is 0 Å². The molecule has 12 aliphatic carbocycles. The molecule has 0 amide bonds. The summed E-state index contributed by atoms with van der Waals surface area (Å²) in [6.07, 6.45) is 73.8. The number of rotatable bonds is 14. The minimum atomic E-state index is -2.71. The maximum Gasteiger partial charge on any atom is 0.128 e. The Morgan fingerprint density at radius 1 is 0.515 bits per heavy atom. The molecule has 4 aromatic rings. The minimum Gasteiger partial charge on any atom is -0.338 e. The molecule has 0 aromatic heterocycles. The second-order valence-corrected chi connectivity index (χ2v) is 34.0. The number of anilines is 3. The van der Waals surface area contributed by atoms with Crippen LogP contribution in [0.15, 0.2) is 307 Å². The van der Waals surface area contributed by atoms with E-state index in [4.69, 9.17) is 0 Å². The van der Waals surface area contributed by atoms with E-state index in [1.54, 1.807) is 29.5 Å². The fourth-order valence-corrected chi connectivity index (χ4v) is 27.9. The Balaban J connectivity index is 0.853. The van der Waals surface area contributed by atoms with E-state index in [1.165, 1.54) is 49.7 Å². The maximum absolute atomic E-state index is 15.6. The van der Waals surface area contributed by atoms with E-state index in [1.807, 2.05) is 24.3 Å². The van der Waals surface area contributed by atoms with E-state index in [0.717, 1.165) is 79.7 Å². The van der Waals surface area contributed by atoms with Crippen LogP contribution in [0.4, 0.5) is 34.6 Å². The van der Waals surface area contributed by atoms with Gasteiger partial charge in [-0.25, -0.2) is 17.6 Å². The molecule has 4 aromatic carbocycles. The van der Waals surface area contributed by atoms with Gasteiger partial charge in [-0.1, -0.05) is 194 Å². The van der Waals surface area contributed by atoms with Crippen molar-refractivity contribution in [2.24, 2.45) is 29.6 Å². The summed E-state index contributed by atoms with van der Waals surface area (Å²) in [6.45, 7) is 8.34. The van der Waals surface area contributed by atoms with Crippen LogP contribution in [-0.2, 0) is 10.8 Å². The fraction of sp³-hybridized carbons (Fsp3) is 0.311. The van der Waals surface area contributed by atoms with Gasteiger partial charge in [0.2, 0.25) is 0 Å². The third-order valence-corrected chi connectivity index (χ3v) is 31.3. The van der Waals surface area contributed by atoms with Gasteiger partial charge in [-0.05, 0) is 247 Å². The van der Waals surface area contributed by atoms with Crippen molar-refractivity contribution in [2.45, 2.75) is 142 Å². The van der Waals surface area contributed by atoms with Crippen LogP contribution < -0.4 is 15.0 Å². The lowest BCUT2D eigenvalue weighted by Gasteiger charge is -2.47. The van der Waals surface area contributed by atoms with Gasteiger partial charge in [0.25, 0.3) is 0 Å². The van der Waals surface area contributed by atoms with Crippen molar-refractivity contribution in [1.29, 1.82) is 0 Å². The van der Waals surface area contributed by atoms with Crippen LogP contribution in [0, 0.1) is 29.6 Å². The van der Waals surface area contributed by atoms with E-state index >= 15 is 17.6 Å². The first-order valence-corrected chi connectivity index (χ1v) is 38.4. The molecule has 0 saturated carbocycles. The molecule has 14 atom stereocenters. The fourth-order valence-electron chi connectivity index (χ4n) is 21.1. The maximum atomic E-state index is 15.6. The van der Waals surface area contributed by atoms with Crippen molar-refractivity contribution < 1.29 is 17.6 Å². The normalized spacial score (nSPS) is 33.0. The zero-order chi connectivity index (χ0) is 65.6. The highest BCUT2D eigenvalue weighted by atomic mass is 28.3. The molecule has 0 saturated heterocycles. The lowest BCUT2D eigenvalue weighted by Crippen LogP contribution is -2.55. The van der Waals surface area contributed by atoms with Crippen molar-refractivity contribution in [3.05, 3.63) is 335 Å². The van der Waals surface area contributed by atoms with Gasteiger partial charge in [0.05, 0.1) is 17.7 Å². The first-order chi connectivity index (χ1) is 47.6. The highest BCUT2D eigenvalue weighted by molar-refractivity contribution is 7.02. The molecule has 0 spiro atoms. The highest BCUT2D eigenvalue weighted by Gasteiger charge is 2.60. The van der Waals surface area contributed by atoms with Gasteiger partial charge < -0.3 is 9.80 Å². The summed E-state index contributed by atoms with van der Waals surface area (Å²) < 4.78 is 61.8. The molecule has 0 bridgehead atoms. The molecule has 2 nitrogen and oxygen atoms in total. The molecule has 97 heavy (non-hydrogen) atoms. The van der Waals surface area contributed by atoms with Crippen LogP contribution >= 0.6 is 0 Å². The molecular formula is C90H86F4N2Si. The minimum absolute atomic E-state index is 0.00174. The number of allylic oxidation sites excluding steroid dienone is 32. The van der Waals surface area contributed by atoms with Gasteiger partial charge in [0, 0.05) is 63.8 Å². The predicted molar refractivity (Wildman–Crippen MR) is 396 cm³/mol. The van der Waals surface area contributed by atoms with E-state index in [-0.39, 0.29) is 82.4 Å². The molecular weight excluding hydrogens is 1210 g/mol. The Hall–Kier alpha value is -8.52. The molecule has 488 valence electrons. The summed E-state index contributed by atoms with van der Waals surface area (Å²) in [5.74, 6) is 0.261. The smallest absolute Gasteiger partial charge is 0.128 e. The average molecular weight is 1300 g/mol. The second-order valence-electron chi connectivity index (χ2n) is 29.6. The second kappa shape index (κ2) is 25.1. The van der Waals surface area contributed by atoms with Gasteiger partial charge in [0.15, 0.2) is 0 Å². The molecule has 17 rings (SSSR count). The van der Waals surface area contributed by atoms with Crippen molar-refractivity contribution in [1.82, 2.24) is 0 Å². The molecule has 0 radical (unpaired) electrons. The molecule has 13 aliphatic rings. The molecule has 0 N–H and O–H groups in total. The number of nitrogens with zero attached hydrogens (tertiary/aromatic N) is 2. The summed E-state index contributed by atoms with van der Waals surface area (Å²) in [7, 11) is -2.71. The Morgan fingerprint density at radius 2 is 1.28 bits per heavy atom. The van der Waals surface area contributed by atoms with Crippen molar-refractivity contribution in [3.8, 4) is 11.1 Å². The van der Waals surface area contributed by atoms with Crippen molar-refractivity contribution in [2.75, 3.05) is 9.80 Å². The third-order valence-electron chi connectivity index (χ3n) is 25.2. The van der Waals surface area contributed by atoms with E-state index in [2.05, 4.69) is 223 Å². The van der Waals surface area contributed by atoms with Gasteiger partial charge in [-0.3, -0.25) is 0 Å². The summed E-state index contributed by atoms with van der Waals surface area (Å²) in [4.78, 5) is 5.11. The number of hydrogen-bond acceptors (Lipinski definition) is 2. The van der Waals surface area contributed by atoms with Crippen LogP contribution in [0.1, 0.15) is 136 Å². The molecule has 1 aliphatic heterocycles. The molecule has 14 unspecified atom stereocenters. The van der Waals surface area contributed by atoms with Crippen LogP contribution in [0.25, 0.3) is 11.1 Å². The third kappa shape index (κ3) is 9.95. The Kier molecular flexibility index (Phi) is 16.0. The zero-order valence-corrected chi connectivity index (χ0v) is 56.4. The summed E-state index contributed by atoms with van der Waals surface area (Å²) >= 11 is 0.